The van der Waals surface area contributed by atoms with Crippen molar-refractivity contribution in [2.24, 2.45) is 5.92 Å². The summed E-state index contributed by atoms with van der Waals surface area (Å²) in [4.78, 5) is 14.4. The zero-order chi connectivity index (χ0) is 15.4. The summed E-state index contributed by atoms with van der Waals surface area (Å²) in [5.41, 5.74) is 1.06. The third kappa shape index (κ3) is 3.76. The molecule has 1 heterocycles. The number of nitrogens with zero attached hydrogens (tertiary/aromatic N) is 1. The van der Waals surface area contributed by atoms with Gasteiger partial charge in [0.25, 0.3) is 0 Å². The topological polar surface area (TPSA) is 41.6 Å². The lowest BCUT2D eigenvalue weighted by atomic mass is 10.1. The van der Waals surface area contributed by atoms with Crippen molar-refractivity contribution in [3.8, 4) is 0 Å². The van der Waals surface area contributed by atoms with Gasteiger partial charge in [0.05, 0.1) is 12.6 Å². The van der Waals surface area contributed by atoms with Crippen LogP contribution in [0, 0.1) is 5.92 Å². The number of benzene rings is 1. The molecule has 0 saturated carbocycles. The minimum absolute atomic E-state index is 0.0842. The Kier molecular flexibility index (Phi) is 5.62. The van der Waals surface area contributed by atoms with E-state index in [4.69, 9.17) is 16.3 Å². The average molecular weight is 311 g/mol. The van der Waals surface area contributed by atoms with Crippen molar-refractivity contribution in [1.82, 2.24) is 10.2 Å². The van der Waals surface area contributed by atoms with Gasteiger partial charge in [-0.3, -0.25) is 10.1 Å². The summed E-state index contributed by atoms with van der Waals surface area (Å²) >= 11 is 5.95. The number of hydrogen-bond donors (Lipinski definition) is 1. The Labute approximate surface area is 131 Å². The van der Waals surface area contributed by atoms with Crippen LogP contribution in [0.15, 0.2) is 24.3 Å². The molecule has 4 nitrogen and oxygen atoms in total. The van der Waals surface area contributed by atoms with E-state index in [1.165, 1.54) is 0 Å². The summed E-state index contributed by atoms with van der Waals surface area (Å²) in [7, 11) is 1.69. The molecular formula is C16H23ClN2O2. The minimum Gasteiger partial charge on any atom is -0.384 e. The molecule has 1 aromatic carbocycles. The van der Waals surface area contributed by atoms with Gasteiger partial charge in [0.2, 0.25) is 5.91 Å². The molecule has 0 spiro atoms. The van der Waals surface area contributed by atoms with Crippen LogP contribution >= 0.6 is 11.6 Å². The normalized spacial score (nSPS) is 23.6. The number of hydrogen-bond acceptors (Lipinski definition) is 3. The molecule has 0 aliphatic carbocycles. The molecular weight excluding hydrogens is 288 g/mol. The molecule has 3 atom stereocenters. The Bertz CT molecular complexity index is 478. The molecule has 1 aromatic rings. The number of amides is 1. The molecule has 2 rings (SSSR count). The maximum absolute atomic E-state index is 12.5. The van der Waals surface area contributed by atoms with Gasteiger partial charge in [-0.15, -0.1) is 0 Å². The smallest absolute Gasteiger partial charge is 0.241 e. The second kappa shape index (κ2) is 7.25. The lowest BCUT2D eigenvalue weighted by Crippen LogP contribution is -2.35. The fourth-order valence-corrected chi connectivity index (χ4v) is 2.89. The number of methoxy groups -OCH3 is 1. The van der Waals surface area contributed by atoms with Crippen molar-refractivity contribution in [1.29, 1.82) is 0 Å². The predicted octanol–water partition coefficient (Wildman–Crippen LogP) is 2.83. The van der Waals surface area contributed by atoms with Gasteiger partial charge in [-0.2, -0.15) is 0 Å². The van der Waals surface area contributed by atoms with E-state index in [0.29, 0.717) is 24.1 Å². The number of carbonyl (C=O) groups excluding carboxylic acids is 1. The SMILES string of the molecule is CCC1NC(c2ccc(Cl)cc2)N(CC(C)COC)C1=O. The van der Waals surface area contributed by atoms with Gasteiger partial charge in [-0.25, -0.2) is 0 Å². The highest BCUT2D eigenvalue weighted by atomic mass is 35.5. The van der Waals surface area contributed by atoms with Crippen LogP contribution in [-0.2, 0) is 9.53 Å². The number of rotatable bonds is 6. The largest absolute Gasteiger partial charge is 0.384 e. The zero-order valence-corrected chi connectivity index (χ0v) is 13.6. The molecule has 1 N–H and O–H groups in total. The number of ether oxygens (including phenoxy) is 1. The Balaban J connectivity index is 2.19. The Morgan fingerprint density at radius 2 is 2.05 bits per heavy atom. The van der Waals surface area contributed by atoms with Gasteiger partial charge in [0, 0.05) is 18.7 Å². The fraction of sp³-hybridized carbons (Fsp3) is 0.562. The molecule has 1 fully saturated rings. The van der Waals surface area contributed by atoms with Crippen molar-refractivity contribution in [2.45, 2.75) is 32.5 Å². The van der Waals surface area contributed by atoms with E-state index in [1.54, 1.807) is 7.11 Å². The molecule has 1 amide bonds. The summed E-state index contributed by atoms with van der Waals surface area (Å²) in [5.74, 6) is 0.464. The Morgan fingerprint density at radius 3 is 2.62 bits per heavy atom. The van der Waals surface area contributed by atoms with Gasteiger partial charge in [-0.1, -0.05) is 37.6 Å². The molecule has 3 unspecified atom stereocenters. The fourth-order valence-electron chi connectivity index (χ4n) is 2.76. The van der Waals surface area contributed by atoms with Gasteiger partial charge in [0.15, 0.2) is 0 Å². The van der Waals surface area contributed by atoms with Gasteiger partial charge in [-0.05, 0) is 30.0 Å². The zero-order valence-electron chi connectivity index (χ0n) is 12.8. The highest BCUT2D eigenvalue weighted by Gasteiger charge is 2.38. The molecule has 21 heavy (non-hydrogen) atoms. The van der Waals surface area contributed by atoms with Crippen LogP contribution in [0.25, 0.3) is 0 Å². The number of halogens is 1. The van der Waals surface area contributed by atoms with Crippen LogP contribution < -0.4 is 5.32 Å². The Morgan fingerprint density at radius 1 is 1.38 bits per heavy atom. The van der Waals surface area contributed by atoms with Crippen LogP contribution in [0.1, 0.15) is 32.0 Å². The second-order valence-corrected chi connectivity index (χ2v) is 6.07. The first kappa shape index (κ1) is 16.3. The average Bonchev–Trinajstić information content (AvgIpc) is 2.77. The molecule has 0 aromatic heterocycles. The first-order chi connectivity index (χ1) is 10.1. The first-order valence-electron chi connectivity index (χ1n) is 7.37. The van der Waals surface area contributed by atoms with E-state index in [0.717, 1.165) is 12.0 Å². The number of carbonyl (C=O) groups is 1. The summed E-state index contributed by atoms with van der Waals surface area (Å²) in [6, 6.07) is 7.55. The molecule has 1 aliphatic rings. The van der Waals surface area contributed by atoms with Crippen molar-refractivity contribution < 1.29 is 9.53 Å². The summed E-state index contributed by atoms with van der Waals surface area (Å²) in [5, 5.41) is 4.12. The quantitative estimate of drug-likeness (QED) is 0.878. The van der Waals surface area contributed by atoms with E-state index < -0.39 is 0 Å². The first-order valence-corrected chi connectivity index (χ1v) is 7.75. The summed E-state index contributed by atoms with van der Waals surface area (Å²) < 4.78 is 5.18. The standard InChI is InChI=1S/C16H23ClN2O2/c1-4-14-16(20)19(9-11(2)10-21-3)15(18-14)12-5-7-13(17)8-6-12/h5-8,11,14-15,18H,4,9-10H2,1-3H3. The van der Waals surface area contributed by atoms with Gasteiger partial charge < -0.3 is 9.64 Å². The highest BCUT2D eigenvalue weighted by molar-refractivity contribution is 6.30. The van der Waals surface area contributed by atoms with Crippen LogP contribution in [0.2, 0.25) is 5.02 Å². The lowest BCUT2D eigenvalue weighted by Gasteiger charge is -2.27. The molecule has 1 saturated heterocycles. The highest BCUT2D eigenvalue weighted by Crippen LogP contribution is 2.28. The van der Waals surface area contributed by atoms with E-state index in [9.17, 15) is 4.79 Å². The van der Waals surface area contributed by atoms with Crippen LogP contribution in [-0.4, -0.2) is 37.1 Å². The van der Waals surface area contributed by atoms with Gasteiger partial charge >= 0.3 is 0 Å². The van der Waals surface area contributed by atoms with Crippen molar-refractivity contribution in [2.75, 3.05) is 20.3 Å². The molecule has 116 valence electrons. The van der Waals surface area contributed by atoms with Gasteiger partial charge in [0.1, 0.15) is 6.17 Å². The predicted molar refractivity (Wildman–Crippen MR) is 84.2 cm³/mol. The lowest BCUT2D eigenvalue weighted by molar-refractivity contribution is -0.130. The molecule has 0 radical (unpaired) electrons. The maximum Gasteiger partial charge on any atom is 0.241 e. The van der Waals surface area contributed by atoms with Crippen molar-refractivity contribution in [3.05, 3.63) is 34.9 Å². The Hall–Kier alpha value is -1.10. The van der Waals surface area contributed by atoms with E-state index >= 15 is 0 Å². The van der Waals surface area contributed by atoms with Crippen LogP contribution in [0.3, 0.4) is 0 Å². The van der Waals surface area contributed by atoms with Crippen LogP contribution in [0.5, 0.6) is 0 Å². The summed E-state index contributed by atoms with van der Waals surface area (Å²) in [6.07, 6.45) is 0.706. The van der Waals surface area contributed by atoms with Crippen molar-refractivity contribution >= 4 is 17.5 Å². The van der Waals surface area contributed by atoms with Crippen molar-refractivity contribution in [3.63, 3.8) is 0 Å². The third-order valence-electron chi connectivity index (χ3n) is 3.81. The maximum atomic E-state index is 12.5. The minimum atomic E-state index is -0.111. The summed E-state index contributed by atoms with van der Waals surface area (Å²) in [6.45, 7) is 5.45. The number of nitrogens with one attached hydrogen (secondary N) is 1. The molecule has 5 heteroatoms. The molecule has 0 bridgehead atoms. The monoisotopic (exact) mass is 310 g/mol. The van der Waals surface area contributed by atoms with E-state index in [2.05, 4.69) is 12.2 Å². The van der Waals surface area contributed by atoms with Crippen LogP contribution in [0.4, 0.5) is 0 Å². The third-order valence-corrected chi connectivity index (χ3v) is 4.06. The second-order valence-electron chi connectivity index (χ2n) is 5.63. The van der Waals surface area contributed by atoms with E-state index in [-0.39, 0.29) is 18.1 Å². The molecule has 1 aliphatic heterocycles. The van der Waals surface area contributed by atoms with E-state index in [1.807, 2.05) is 36.1 Å².